The molecule has 23 heavy (non-hydrogen) atoms. The lowest BCUT2D eigenvalue weighted by atomic mass is 10.0. The van der Waals surface area contributed by atoms with Crippen LogP contribution in [-0.2, 0) is 14.3 Å². The van der Waals surface area contributed by atoms with E-state index >= 15 is 0 Å². The molecule has 2 rings (SSSR count). The average Bonchev–Trinajstić information content (AvgIpc) is 2.57. The minimum absolute atomic E-state index is 0.0496. The first-order chi connectivity index (χ1) is 11.1. The Bertz CT molecular complexity index is 564. The molecular weight excluding hydrogens is 302 g/mol. The summed E-state index contributed by atoms with van der Waals surface area (Å²) < 4.78 is 16.1. The Morgan fingerprint density at radius 3 is 2.57 bits per heavy atom. The summed E-state index contributed by atoms with van der Waals surface area (Å²) in [5.74, 6) is -0.762. The third kappa shape index (κ3) is 4.27. The lowest BCUT2D eigenvalue weighted by Gasteiger charge is -2.23. The Morgan fingerprint density at radius 1 is 1.35 bits per heavy atom. The predicted octanol–water partition coefficient (Wildman–Crippen LogP) is 3.37. The van der Waals surface area contributed by atoms with Gasteiger partial charge in [0.15, 0.2) is 6.29 Å². The lowest BCUT2D eigenvalue weighted by Crippen LogP contribution is -2.20. The van der Waals surface area contributed by atoms with E-state index in [0.29, 0.717) is 31.6 Å². The van der Waals surface area contributed by atoms with Gasteiger partial charge in [0.2, 0.25) is 5.75 Å². The second-order valence-corrected chi connectivity index (χ2v) is 5.35. The summed E-state index contributed by atoms with van der Waals surface area (Å²) in [5, 5.41) is 11.3. The number of hydrogen-bond donors (Lipinski definition) is 0. The largest absolute Gasteiger partial charge is 0.419 e. The highest BCUT2D eigenvalue weighted by Crippen LogP contribution is 2.33. The van der Waals surface area contributed by atoms with Gasteiger partial charge in [-0.05, 0) is 31.4 Å². The maximum atomic E-state index is 12.0. The molecule has 0 amide bonds. The van der Waals surface area contributed by atoms with Crippen LogP contribution in [0.25, 0.3) is 0 Å². The van der Waals surface area contributed by atoms with Crippen LogP contribution in [0.1, 0.15) is 45.0 Å². The van der Waals surface area contributed by atoms with Gasteiger partial charge in [-0.2, -0.15) is 0 Å². The Labute approximate surface area is 134 Å². The highest BCUT2D eigenvalue weighted by molar-refractivity contribution is 5.76. The molecule has 0 bridgehead atoms. The fourth-order valence-electron chi connectivity index (χ4n) is 2.40. The molecule has 1 heterocycles. The van der Waals surface area contributed by atoms with Crippen LogP contribution in [0.5, 0.6) is 5.75 Å². The van der Waals surface area contributed by atoms with Crippen molar-refractivity contribution in [3.63, 3.8) is 0 Å². The van der Waals surface area contributed by atoms with E-state index in [1.807, 2.05) is 13.8 Å². The van der Waals surface area contributed by atoms with E-state index in [1.165, 1.54) is 12.1 Å². The van der Waals surface area contributed by atoms with E-state index in [1.54, 1.807) is 6.07 Å². The average molecular weight is 323 g/mol. The summed E-state index contributed by atoms with van der Waals surface area (Å²) in [4.78, 5) is 22.8. The molecule has 0 spiro atoms. The normalized spacial score (nSPS) is 15.6. The van der Waals surface area contributed by atoms with Gasteiger partial charge in [0.05, 0.1) is 24.1 Å². The molecule has 126 valence electrons. The molecule has 7 heteroatoms. The number of carbonyl (C=O) groups is 1. The van der Waals surface area contributed by atoms with Crippen LogP contribution in [0.4, 0.5) is 5.69 Å². The van der Waals surface area contributed by atoms with Gasteiger partial charge in [-0.15, -0.1) is 0 Å². The summed E-state index contributed by atoms with van der Waals surface area (Å²) in [5.41, 5.74) is 0.276. The lowest BCUT2D eigenvalue weighted by molar-refractivity contribution is -0.385. The smallest absolute Gasteiger partial charge is 0.314 e. The Balaban J connectivity index is 2.22. The molecule has 1 fully saturated rings. The maximum Gasteiger partial charge on any atom is 0.314 e. The predicted molar refractivity (Wildman–Crippen MR) is 82.1 cm³/mol. The zero-order valence-electron chi connectivity index (χ0n) is 13.3. The fourth-order valence-corrected chi connectivity index (χ4v) is 2.40. The van der Waals surface area contributed by atoms with Crippen molar-refractivity contribution < 1.29 is 23.9 Å². The topological polar surface area (TPSA) is 87.9 Å². The van der Waals surface area contributed by atoms with Crippen molar-refractivity contribution in [2.45, 2.75) is 39.4 Å². The standard InChI is InChI=1S/C16H21NO6/c1-3-11(4-2)15(18)23-14-7-6-12(10-13(14)17(19)20)16-21-8-5-9-22-16/h6-7,10-11,16H,3-5,8-9H2,1-2H3. The van der Waals surface area contributed by atoms with Crippen molar-refractivity contribution in [2.24, 2.45) is 5.92 Å². The first-order valence-corrected chi connectivity index (χ1v) is 7.80. The Kier molecular flexibility index (Phi) is 6.06. The fraction of sp³-hybridized carbons (Fsp3) is 0.562. The van der Waals surface area contributed by atoms with Gasteiger partial charge in [0.25, 0.3) is 0 Å². The molecular formula is C16H21NO6. The molecule has 0 radical (unpaired) electrons. The third-order valence-corrected chi connectivity index (χ3v) is 3.81. The molecule has 1 aromatic carbocycles. The van der Waals surface area contributed by atoms with Crippen molar-refractivity contribution in [1.82, 2.24) is 0 Å². The summed E-state index contributed by atoms with van der Waals surface area (Å²) >= 11 is 0. The number of nitrogens with zero attached hydrogens (tertiary/aromatic N) is 1. The molecule has 0 aliphatic carbocycles. The van der Waals surface area contributed by atoms with Gasteiger partial charge in [-0.3, -0.25) is 14.9 Å². The van der Waals surface area contributed by atoms with E-state index in [4.69, 9.17) is 14.2 Å². The van der Waals surface area contributed by atoms with E-state index in [2.05, 4.69) is 0 Å². The van der Waals surface area contributed by atoms with E-state index in [-0.39, 0.29) is 17.4 Å². The van der Waals surface area contributed by atoms with E-state index in [9.17, 15) is 14.9 Å². The Hall–Kier alpha value is -1.99. The van der Waals surface area contributed by atoms with Crippen molar-refractivity contribution in [3.05, 3.63) is 33.9 Å². The van der Waals surface area contributed by atoms with Crippen molar-refractivity contribution >= 4 is 11.7 Å². The molecule has 1 aliphatic rings. The van der Waals surface area contributed by atoms with Crippen LogP contribution >= 0.6 is 0 Å². The molecule has 0 atom stereocenters. The molecule has 1 aromatic rings. The second-order valence-electron chi connectivity index (χ2n) is 5.35. The number of nitro groups is 1. The van der Waals surface area contributed by atoms with Gasteiger partial charge >= 0.3 is 11.7 Å². The summed E-state index contributed by atoms with van der Waals surface area (Å²) in [7, 11) is 0. The van der Waals surface area contributed by atoms with Gasteiger partial charge in [0.1, 0.15) is 0 Å². The second kappa shape index (κ2) is 8.03. The van der Waals surface area contributed by atoms with E-state index in [0.717, 1.165) is 6.42 Å². The number of hydrogen-bond acceptors (Lipinski definition) is 6. The minimum atomic E-state index is -0.619. The minimum Gasteiger partial charge on any atom is -0.419 e. The van der Waals surface area contributed by atoms with Crippen molar-refractivity contribution in [3.8, 4) is 5.75 Å². The first-order valence-electron chi connectivity index (χ1n) is 7.80. The maximum absolute atomic E-state index is 12.0. The summed E-state index contributed by atoms with van der Waals surface area (Å²) in [6.45, 7) is 4.85. The number of ether oxygens (including phenoxy) is 3. The zero-order chi connectivity index (χ0) is 16.8. The number of carbonyl (C=O) groups excluding carboxylic acids is 1. The van der Waals surface area contributed by atoms with Crippen LogP contribution in [0.3, 0.4) is 0 Å². The number of rotatable bonds is 6. The van der Waals surface area contributed by atoms with Crippen molar-refractivity contribution in [2.75, 3.05) is 13.2 Å². The molecule has 7 nitrogen and oxygen atoms in total. The highest BCUT2D eigenvalue weighted by atomic mass is 16.7. The van der Waals surface area contributed by atoms with Crippen LogP contribution in [0, 0.1) is 16.0 Å². The van der Waals surface area contributed by atoms with Gasteiger partial charge < -0.3 is 14.2 Å². The summed E-state index contributed by atoms with van der Waals surface area (Å²) in [6.07, 6.45) is 1.44. The van der Waals surface area contributed by atoms with E-state index < -0.39 is 17.2 Å². The van der Waals surface area contributed by atoms with Crippen LogP contribution in [0.2, 0.25) is 0 Å². The highest BCUT2D eigenvalue weighted by Gasteiger charge is 2.25. The van der Waals surface area contributed by atoms with Crippen LogP contribution in [-0.4, -0.2) is 24.1 Å². The number of benzene rings is 1. The van der Waals surface area contributed by atoms with Gasteiger partial charge in [-0.1, -0.05) is 13.8 Å². The first kappa shape index (κ1) is 17.4. The van der Waals surface area contributed by atoms with Gasteiger partial charge in [0, 0.05) is 11.6 Å². The molecule has 1 aliphatic heterocycles. The zero-order valence-corrected chi connectivity index (χ0v) is 13.3. The molecule has 0 N–H and O–H groups in total. The Morgan fingerprint density at radius 2 is 2.00 bits per heavy atom. The number of nitro benzene ring substituents is 1. The van der Waals surface area contributed by atoms with Crippen molar-refractivity contribution in [1.29, 1.82) is 0 Å². The van der Waals surface area contributed by atoms with Gasteiger partial charge in [-0.25, -0.2) is 0 Å². The quantitative estimate of drug-likeness (QED) is 0.345. The monoisotopic (exact) mass is 323 g/mol. The van der Waals surface area contributed by atoms with Crippen LogP contribution < -0.4 is 4.74 Å². The summed E-state index contributed by atoms with van der Waals surface area (Å²) in [6, 6.07) is 4.39. The molecule has 0 saturated carbocycles. The SMILES string of the molecule is CCC(CC)C(=O)Oc1ccc(C2OCCCO2)cc1[N+](=O)[O-]. The number of esters is 1. The van der Waals surface area contributed by atoms with Crippen LogP contribution in [0.15, 0.2) is 18.2 Å². The third-order valence-electron chi connectivity index (χ3n) is 3.81. The molecule has 1 saturated heterocycles. The molecule has 0 aromatic heterocycles. The molecule has 0 unspecified atom stereocenters.